The number of nitrogen functional groups attached to an aromatic ring is 1. The minimum atomic E-state index is -0.478. The first-order valence-corrected chi connectivity index (χ1v) is 5.25. The Bertz CT molecular complexity index is 538. The highest BCUT2D eigenvalue weighted by atomic mass is 35.5. The number of hydrogen-bond acceptors (Lipinski definition) is 5. The fourth-order valence-electron chi connectivity index (χ4n) is 1.25. The van der Waals surface area contributed by atoms with Crippen molar-refractivity contribution >= 4 is 44.3 Å². The van der Waals surface area contributed by atoms with Gasteiger partial charge in [0.2, 0.25) is 0 Å². The molecule has 4 nitrogen and oxygen atoms in total. The number of hydrogen-bond donors (Lipinski definition) is 1. The first-order chi connectivity index (χ1) is 7.13. The van der Waals surface area contributed by atoms with Gasteiger partial charge in [-0.25, -0.2) is 9.78 Å². The number of carbonyl (C=O) groups excluding carboxylic acids is 1. The molecule has 1 heterocycles. The maximum Gasteiger partial charge on any atom is 0.339 e. The summed E-state index contributed by atoms with van der Waals surface area (Å²) in [7, 11) is 1.30. The zero-order valence-corrected chi connectivity index (χ0v) is 9.35. The lowest BCUT2D eigenvalue weighted by atomic mass is 10.2. The Labute approximate surface area is 94.6 Å². The molecule has 0 bridgehead atoms. The fraction of sp³-hybridized carbons (Fsp3) is 0.111. The van der Waals surface area contributed by atoms with E-state index < -0.39 is 5.97 Å². The van der Waals surface area contributed by atoms with Crippen molar-refractivity contribution in [3.63, 3.8) is 0 Å². The number of esters is 1. The second-order valence-electron chi connectivity index (χ2n) is 2.82. The number of rotatable bonds is 1. The van der Waals surface area contributed by atoms with Crippen LogP contribution >= 0.6 is 22.9 Å². The summed E-state index contributed by atoms with van der Waals surface area (Å²) in [5.74, 6) is -0.478. The van der Waals surface area contributed by atoms with Crippen LogP contribution < -0.4 is 5.73 Å². The summed E-state index contributed by atoms with van der Waals surface area (Å²) in [5.41, 5.74) is 6.40. The molecule has 15 heavy (non-hydrogen) atoms. The molecule has 2 aromatic rings. The van der Waals surface area contributed by atoms with E-state index in [-0.39, 0.29) is 5.02 Å². The van der Waals surface area contributed by atoms with E-state index in [9.17, 15) is 4.79 Å². The van der Waals surface area contributed by atoms with Crippen LogP contribution in [-0.2, 0) is 4.74 Å². The molecule has 0 atom stereocenters. The van der Waals surface area contributed by atoms with E-state index in [2.05, 4.69) is 9.72 Å². The van der Waals surface area contributed by atoms with Crippen molar-refractivity contribution in [2.75, 3.05) is 12.8 Å². The minimum absolute atomic E-state index is 0.285. The number of methoxy groups -OCH3 is 1. The van der Waals surface area contributed by atoms with E-state index in [0.29, 0.717) is 16.2 Å². The fourth-order valence-corrected chi connectivity index (χ4v) is 2.33. The van der Waals surface area contributed by atoms with Crippen LogP contribution in [0.5, 0.6) is 0 Å². The summed E-state index contributed by atoms with van der Waals surface area (Å²) < 4.78 is 5.45. The summed E-state index contributed by atoms with van der Waals surface area (Å²) in [6.07, 6.45) is 0. The molecule has 0 aliphatic carbocycles. The first-order valence-electron chi connectivity index (χ1n) is 4.06. The molecule has 6 heteroatoms. The Morgan fingerprint density at radius 2 is 2.33 bits per heavy atom. The molecule has 2 N–H and O–H groups in total. The molecule has 0 aliphatic rings. The van der Waals surface area contributed by atoms with Crippen LogP contribution in [0.15, 0.2) is 12.1 Å². The Kier molecular flexibility index (Phi) is 2.50. The first kappa shape index (κ1) is 10.2. The third-order valence-corrected chi connectivity index (χ3v) is 3.15. The summed E-state index contributed by atoms with van der Waals surface area (Å²) in [4.78, 5) is 15.4. The van der Waals surface area contributed by atoms with Gasteiger partial charge < -0.3 is 10.5 Å². The SMILES string of the molecule is COC(=O)c1ccc2sc(N)nc2c1Cl. The number of aromatic nitrogens is 1. The highest BCUT2D eigenvalue weighted by Gasteiger charge is 2.15. The van der Waals surface area contributed by atoms with Crippen molar-refractivity contribution in [1.82, 2.24) is 4.98 Å². The normalized spacial score (nSPS) is 10.5. The van der Waals surface area contributed by atoms with E-state index >= 15 is 0 Å². The predicted molar refractivity (Wildman–Crippen MR) is 60.4 cm³/mol. The van der Waals surface area contributed by atoms with E-state index in [1.165, 1.54) is 18.4 Å². The van der Waals surface area contributed by atoms with Crippen LogP contribution in [0.2, 0.25) is 5.02 Å². The Hall–Kier alpha value is -1.33. The second kappa shape index (κ2) is 3.67. The molecule has 0 spiro atoms. The predicted octanol–water partition coefficient (Wildman–Crippen LogP) is 2.32. The topological polar surface area (TPSA) is 65.2 Å². The molecule has 0 aliphatic heterocycles. The van der Waals surface area contributed by atoms with Crippen molar-refractivity contribution in [2.24, 2.45) is 0 Å². The molecule has 0 amide bonds. The average molecular weight is 243 g/mol. The lowest BCUT2D eigenvalue weighted by Gasteiger charge is -2.01. The molecule has 1 aromatic heterocycles. The summed E-state index contributed by atoms with van der Waals surface area (Å²) in [5, 5.41) is 0.709. The molecule has 0 saturated carbocycles. The number of anilines is 1. The van der Waals surface area contributed by atoms with Gasteiger partial charge in [0.15, 0.2) is 5.13 Å². The van der Waals surface area contributed by atoms with Gasteiger partial charge in [-0.3, -0.25) is 0 Å². The van der Waals surface area contributed by atoms with Gasteiger partial charge in [-0.05, 0) is 12.1 Å². The average Bonchev–Trinajstić information content (AvgIpc) is 2.59. The van der Waals surface area contributed by atoms with Gasteiger partial charge in [0.25, 0.3) is 0 Å². The standard InChI is InChI=1S/C9H7ClN2O2S/c1-14-8(13)4-2-3-5-7(6(4)10)12-9(11)15-5/h2-3H,1H3,(H2,11,12). The van der Waals surface area contributed by atoms with Gasteiger partial charge >= 0.3 is 5.97 Å². The minimum Gasteiger partial charge on any atom is -0.465 e. The molecule has 0 saturated heterocycles. The molecular weight excluding hydrogens is 236 g/mol. The smallest absolute Gasteiger partial charge is 0.339 e. The highest BCUT2D eigenvalue weighted by Crippen LogP contribution is 2.32. The van der Waals surface area contributed by atoms with Gasteiger partial charge in [-0.15, -0.1) is 0 Å². The summed E-state index contributed by atoms with van der Waals surface area (Å²) >= 11 is 7.34. The van der Waals surface area contributed by atoms with E-state index in [1.807, 2.05) is 0 Å². The molecule has 0 unspecified atom stereocenters. The quantitative estimate of drug-likeness (QED) is 0.780. The van der Waals surface area contributed by atoms with Gasteiger partial charge in [0.05, 0.1) is 22.4 Å². The van der Waals surface area contributed by atoms with Crippen LogP contribution in [0.1, 0.15) is 10.4 Å². The molecule has 78 valence electrons. The van der Waals surface area contributed by atoms with Gasteiger partial charge in [0.1, 0.15) is 5.52 Å². The van der Waals surface area contributed by atoms with Crippen molar-refractivity contribution in [1.29, 1.82) is 0 Å². The van der Waals surface area contributed by atoms with Crippen LogP contribution in [0.4, 0.5) is 5.13 Å². The largest absolute Gasteiger partial charge is 0.465 e. The number of carbonyl (C=O) groups is 1. The molecule has 0 radical (unpaired) electrons. The Balaban J connectivity index is 2.69. The van der Waals surface area contributed by atoms with Gasteiger partial charge in [0, 0.05) is 0 Å². The van der Waals surface area contributed by atoms with Crippen molar-refractivity contribution in [3.05, 3.63) is 22.7 Å². The van der Waals surface area contributed by atoms with Crippen LogP contribution in [0, 0.1) is 0 Å². The third-order valence-electron chi connectivity index (χ3n) is 1.92. The van der Waals surface area contributed by atoms with Crippen molar-refractivity contribution < 1.29 is 9.53 Å². The monoisotopic (exact) mass is 242 g/mol. The van der Waals surface area contributed by atoms with E-state index in [1.54, 1.807) is 12.1 Å². The lowest BCUT2D eigenvalue weighted by molar-refractivity contribution is 0.0601. The maximum absolute atomic E-state index is 11.3. The number of benzene rings is 1. The van der Waals surface area contributed by atoms with Crippen molar-refractivity contribution in [2.45, 2.75) is 0 Å². The van der Waals surface area contributed by atoms with Crippen LogP contribution in [0.3, 0.4) is 0 Å². The molecule has 0 fully saturated rings. The van der Waals surface area contributed by atoms with Crippen LogP contribution in [-0.4, -0.2) is 18.1 Å². The van der Waals surface area contributed by atoms with Gasteiger partial charge in [-0.1, -0.05) is 22.9 Å². The van der Waals surface area contributed by atoms with E-state index in [0.717, 1.165) is 4.70 Å². The summed E-state index contributed by atoms with van der Waals surface area (Å²) in [6, 6.07) is 3.36. The maximum atomic E-state index is 11.3. The molecule has 2 rings (SSSR count). The second-order valence-corrected chi connectivity index (χ2v) is 4.26. The number of nitrogens with zero attached hydrogens (tertiary/aromatic N) is 1. The van der Waals surface area contributed by atoms with Crippen LogP contribution in [0.25, 0.3) is 10.2 Å². The number of nitrogens with two attached hydrogens (primary N) is 1. The number of thiazole rings is 1. The zero-order valence-electron chi connectivity index (χ0n) is 7.78. The number of halogens is 1. The summed E-state index contributed by atoms with van der Waals surface area (Å²) in [6.45, 7) is 0. The van der Waals surface area contributed by atoms with Crippen molar-refractivity contribution in [3.8, 4) is 0 Å². The third kappa shape index (κ3) is 1.64. The lowest BCUT2D eigenvalue weighted by Crippen LogP contribution is -2.01. The highest BCUT2D eigenvalue weighted by molar-refractivity contribution is 7.22. The van der Waals surface area contributed by atoms with Gasteiger partial charge in [-0.2, -0.15) is 0 Å². The zero-order chi connectivity index (χ0) is 11.0. The Morgan fingerprint density at radius 1 is 1.60 bits per heavy atom. The molecular formula is C9H7ClN2O2S. The Morgan fingerprint density at radius 3 is 3.00 bits per heavy atom. The number of fused-ring (bicyclic) bond motifs is 1. The van der Waals surface area contributed by atoms with E-state index in [4.69, 9.17) is 17.3 Å². The molecule has 1 aromatic carbocycles. The number of ether oxygens (including phenoxy) is 1.